The van der Waals surface area contributed by atoms with E-state index < -0.39 is 34.0 Å². The van der Waals surface area contributed by atoms with Crippen molar-refractivity contribution in [1.29, 1.82) is 0 Å². The van der Waals surface area contributed by atoms with Crippen LogP contribution in [-0.4, -0.2) is 42.0 Å². The van der Waals surface area contributed by atoms with E-state index in [1.165, 1.54) is 0 Å². The van der Waals surface area contributed by atoms with Gasteiger partial charge >= 0.3 is 132 Å². The molecule has 16 heavy (non-hydrogen) atoms. The van der Waals surface area contributed by atoms with Gasteiger partial charge in [-0.25, -0.2) is 25.3 Å². The topological polar surface area (TPSA) is 175 Å². The molecule has 0 atom stereocenters. The van der Waals surface area contributed by atoms with Crippen LogP contribution in [0.15, 0.2) is 0 Å². The third kappa shape index (κ3) is 10.7. The van der Waals surface area contributed by atoms with Gasteiger partial charge in [0.15, 0.2) is 30.9 Å². The first-order chi connectivity index (χ1) is 5.37. The summed E-state index contributed by atoms with van der Waals surface area (Å²) < 4.78 is 86.3. The molecule has 0 aromatic heterocycles. The van der Waals surface area contributed by atoms with Gasteiger partial charge in [-0.15, -0.1) is 0 Å². The van der Waals surface area contributed by atoms with Crippen LogP contribution >= 0.6 is 0 Å². The maximum atomic E-state index is 9.84. The molecule has 0 rings (SSSR count). The molecule has 80 valence electrons. The van der Waals surface area contributed by atoms with E-state index in [4.69, 9.17) is 0 Å². The molecule has 10 nitrogen and oxygen atoms in total. The van der Waals surface area contributed by atoms with E-state index >= 15 is 0 Å². The molecule has 0 amide bonds. The molecule has 0 saturated carbocycles. The van der Waals surface area contributed by atoms with Crippen LogP contribution in [0.3, 0.4) is 0 Å². The van der Waals surface area contributed by atoms with Gasteiger partial charge in [0.05, 0.1) is 0 Å². The monoisotopic (exact) mass is 355 g/mol. The Kier molecular flexibility index (Phi) is 17.3. The molecule has 0 heterocycles. The van der Waals surface area contributed by atoms with Crippen molar-refractivity contribution in [2.45, 2.75) is 0 Å². The SMILES string of the molecule is O=S(=O)([O-])N(S(=O)(=O)[O-])S(=O)(=O)[O-].[K+].[K+].[Na+]. The van der Waals surface area contributed by atoms with Crippen molar-refractivity contribution in [2.75, 3.05) is 0 Å². The first-order valence-corrected chi connectivity index (χ1v) is 6.14. The second kappa shape index (κ2) is 9.82. The molecule has 0 bridgehead atoms. The molecule has 0 spiro atoms. The van der Waals surface area contributed by atoms with Gasteiger partial charge in [0.1, 0.15) is 0 Å². The van der Waals surface area contributed by atoms with E-state index in [0.29, 0.717) is 0 Å². The van der Waals surface area contributed by atoms with Gasteiger partial charge in [0.2, 0.25) is 0 Å². The van der Waals surface area contributed by atoms with Crippen LogP contribution in [0, 0.1) is 0 Å². The summed E-state index contributed by atoms with van der Waals surface area (Å²) in [4.78, 5) is 0. The number of rotatable bonds is 3. The van der Waals surface area contributed by atoms with Gasteiger partial charge in [-0.1, -0.05) is 0 Å². The summed E-state index contributed by atoms with van der Waals surface area (Å²) >= 11 is 0. The minimum absolute atomic E-state index is 0. The van der Waals surface area contributed by atoms with Crippen molar-refractivity contribution >= 4 is 30.9 Å². The van der Waals surface area contributed by atoms with Crippen molar-refractivity contribution in [2.24, 2.45) is 0 Å². The predicted octanol–water partition coefficient (Wildman–Crippen LogP) is -12.3. The van der Waals surface area contributed by atoms with Gasteiger partial charge in [-0.05, 0) is 3.12 Å². The normalized spacial score (nSPS) is 12.0. The van der Waals surface area contributed by atoms with Crippen LogP contribution in [0.2, 0.25) is 0 Å². The summed E-state index contributed by atoms with van der Waals surface area (Å²) in [5.74, 6) is 0. The van der Waals surface area contributed by atoms with Crippen LogP contribution in [0.5, 0.6) is 0 Å². The smallest absolute Gasteiger partial charge is 0.734 e. The molecule has 0 fully saturated rings. The zero-order chi connectivity index (χ0) is 11.1. The Labute approximate surface area is 200 Å². The third-order valence-electron chi connectivity index (χ3n) is 0.548. The summed E-state index contributed by atoms with van der Waals surface area (Å²) in [5, 5.41) is 0. The van der Waals surface area contributed by atoms with Crippen LogP contribution in [0.4, 0.5) is 0 Å². The number of nitrogens with zero attached hydrogens (tertiary/aromatic N) is 1. The van der Waals surface area contributed by atoms with Gasteiger partial charge in [0, 0.05) is 0 Å². The molecule has 0 saturated heterocycles. The Morgan fingerprint density at radius 3 is 0.750 bits per heavy atom. The Morgan fingerprint density at radius 2 is 0.750 bits per heavy atom. The van der Waals surface area contributed by atoms with Crippen LogP contribution in [-0.2, 0) is 30.9 Å². The summed E-state index contributed by atoms with van der Waals surface area (Å²) in [6, 6.07) is 0. The molecule has 0 aliphatic rings. The molecular weight excluding hydrogens is 355 g/mol. The van der Waals surface area contributed by atoms with E-state index in [9.17, 15) is 38.9 Å². The zero-order valence-electron chi connectivity index (χ0n) is 8.35. The Hall–Kier alpha value is 3.96. The summed E-state index contributed by atoms with van der Waals surface area (Å²) in [7, 11) is -18.6. The Balaban J connectivity index is -0.000000240. The van der Waals surface area contributed by atoms with E-state index in [1.807, 2.05) is 0 Å². The average molecular weight is 355 g/mol. The van der Waals surface area contributed by atoms with Crippen LogP contribution in [0.25, 0.3) is 0 Å². The van der Waals surface area contributed by atoms with Crippen molar-refractivity contribution in [1.82, 2.24) is 3.12 Å². The quantitative estimate of drug-likeness (QED) is 0.351. The van der Waals surface area contributed by atoms with Crippen molar-refractivity contribution < 1.29 is 171 Å². The second-order valence-corrected chi connectivity index (χ2v) is 5.86. The van der Waals surface area contributed by atoms with Crippen LogP contribution in [0.1, 0.15) is 0 Å². The van der Waals surface area contributed by atoms with Crippen molar-refractivity contribution in [3.63, 3.8) is 0 Å². The maximum Gasteiger partial charge on any atom is 1.00 e. The summed E-state index contributed by atoms with van der Waals surface area (Å²) in [6.45, 7) is 0. The fourth-order valence-corrected chi connectivity index (χ4v) is 3.02. The van der Waals surface area contributed by atoms with Crippen molar-refractivity contribution in [3.05, 3.63) is 0 Å². The van der Waals surface area contributed by atoms with Gasteiger partial charge in [0.25, 0.3) is 0 Å². The first kappa shape index (κ1) is 28.2. The van der Waals surface area contributed by atoms with E-state index in [1.54, 1.807) is 0 Å². The van der Waals surface area contributed by atoms with E-state index in [0.717, 1.165) is 0 Å². The third-order valence-corrected chi connectivity index (χ3v) is 4.93. The Morgan fingerprint density at radius 1 is 0.625 bits per heavy atom. The van der Waals surface area contributed by atoms with Crippen molar-refractivity contribution in [3.8, 4) is 0 Å². The first-order valence-electron chi connectivity index (χ1n) is 2.05. The largest absolute Gasteiger partial charge is 1.00 e. The molecule has 0 aromatic rings. The molecule has 0 N–H and O–H groups in total. The molecule has 0 radical (unpaired) electrons. The van der Waals surface area contributed by atoms with Gasteiger partial charge < -0.3 is 13.7 Å². The van der Waals surface area contributed by atoms with Crippen LogP contribution < -0.4 is 132 Å². The predicted molar refractivity (Wildman–Crippen MR) is 30.9 cm³/mol. The maximum absolute atomic E-state index is 9.84. The standard InChI is InChI=1S/2K.H3NO9S3.Na/c;;2-11(3,4)1(12(5,6)7)13(8,9)10;/h;;(H,2,3,4)(H,5,6,7)(H,8,9,10);/q2*+1;;+1/p-3. The fourth-order valence-electron chi connectivity index (χ4n) is 0.335. The molecule has 0 aliphatic carbocycles. The molecular formula is K2NNaO9S3. The second-order valence-electron chi connectivity index (χ2n) is 1.51. The number of hydrogen-bond acceptors (Lipinski definition) is 9. The Bertz CT molecular complexity index is 411. The minimum atomic E-state index is -6.20. The average Bonchev–Trinajstić information content (AvgIpc) is 1.44. The zero-order valence-corrected chi connectivity index (χ0v) is 19.0. The van der Waals surface area contributed by atoms with E-state index in [2.05, 4.69) is 0 Å². The number of hydrogen-bond donors (Lipinski definition) is 0. The molecule has 16 heteroatoms. The van der Waals surface area contributed by atoms with Gasteiger partial charge in [-0.2, -0.15) is 0 Å². The molecule has 0 aliphatic heterocycles. The fraction of sp³-hybridized carbons (Fsp3) is 0. The minimum Gasteiger partial charge on any atom is -0.734 e. The summed E-state index contributed by atoms with van der Waals surface area (Å²) in [5.41, 5.74) is 0. The van der Waals surface area contributed by atoms with E-state index in [-0.39, 0.29) is 132 Å². The molecule has 0 aromatic carbocycles. The van der Waals surface area contributed by atoms with Gasteiger partial charge in [-0.3, -0.25) is 0 Å². The summed E-state index contributed by atoms with van der Waals surface area (Å²) in [6.07, 6.45) is 0. The molecule has 0 unspecified atom stereocenters.